The van der Waals surface area contributed by atoms with Crippen LogP contribution in [0.1, 0.15) is 53.4 Å². The highest BCUT2D eigenvalue weighted by molar-refractivity contribution is 7.16. The molecule has 1 aromatic rings. The predicted molar refractivity (Wildman–Crippen MR) is 64.6 cm³/mol. The number of thiophene rings is 1. The second-order valence-corrected chi connectivity index (χ2v) is 5.35. The van der Waals surface area contributed by atoms with Crippen LogP contribution >= 0.6 is 11.3 Å². The van der Waals surface area contributed by atoms with Gasteiger partial charge in [-0.2, -0.15) is 0 Å². The van der Waals surface area contributed by atoms with E-state index in [1.54, 1.807) is 18.3 Å². The van der Waals surface area contributed by atoms with Crippen LogP contribution in [0.25, 0.3) is 0 Å². The zero-order valence-electron chi connectivity index (χ0n) is 9.14. The van der Waals surface area contributed by atoms with Crippen LogP contribution in [-0.2, 0) is 12.8 Å². The summed E-state index contributed by atoms with van der Waals surface area (Å²) in [5.74, 6) is 0.130. The number of hydrogen-bond donors (Lipinski definition) is 1. The highest BCUT2D eigenvalue weighted by Crippen LogP contribution is 2.35. The first-order chi connectivity index (χ1) is 7.20. The Balaban J connectivity index is 2.43. The van der Waals surface area contributed by atoms with Gasteiger partial charge < -0.3 is 5.73 Å². The molecule has 0 fully saturated rings. The number of carbonyl (C=O) groups is 1. The number of ketones is 1. The summed E-state index contributed by atoms with van der Waals surface area (Å²) in [5, 5.41) is 0.731. The van der Waals surface area contributed by atoms with Gasteiger partial charge in [0.05, 0.1) is 10.6 Å². The third kappa shape index (κ3) is 2.07. The molecule has 2 N–H and O–H groups in total. The summed E-state index contributed by atoms with van der Waals surface area (Å²) in [6.45, 7) is 1.62. The lowest BCUT2D eigenvalue weighted by molar-refractivity contribution is 0.101. The van der Waals surface area contributed by atoms with E-state index in [1.165, 1.54) is 36.1 Å². The van der Waals surface area contributed by atoms with Crippen LogP contribution in [-0.4, -0.2) is 5.78 Å². The fraction of sp³-hybridized carbons (Fsp3) is 0.583. The molecule has 0 spiro atoms. The van der Waals surface area contributed by atoms with E-state index in [9.17, 15) is 4.79 Å². The Labute approximate surface area is 94.5 Å². The summed E-state index contributed by atoms with van der Waals surface area (Å²) in [5.41, 5.74) is 7.99. The summed E-state index contributed by atoms with van der Waals surface area (Å²) in [4.78, 5) is 12.9. The van der Waals surface area contributed by atoms with Crippen LogP contribution < -0.4 is 5.73 Å². The number of carbonyl (C=O) groups excluding carboxylic acids is 1. The number of fused-ring (bicyclic) bond motifs is 1. The van der Waals surface area contributed by atoms with Crippen molar-refractivity contribution in [1.29, 1.82) is 0 Å². The molecule has 1 aliphatic rings. The quantitative estimate of drug-likeness (QED) is 0.743. The van der Waals surface area contributed by atoms with Gasteiger partial charge in [0.1, 0.15) is 0 Å². The van der Waals surface area contributed by atoms with Crippen molar-refractivity contribution in [2.75, 3.05) is 5.73 Å². The van der Waals surface area contributed by atoms with E-state index in [2.05, 4.69) is 0 Å². The SMILES string of the molecule is CC(=O)c1c(N)sc2c1CCCCCC2. The van der Waals surface area contributed by atoms with Crippen LogP contribution in [0.2, 0.25) is 0 Å². The molecule has 2 rings (SSSR count). The molecular weight excluding hydrogens is 206 g/mol. The number of aryl methyl sites for hydroxylation is 1. The highest BCUT2D eigenvalue weighted by atomic mass is 32.1. The number of nitrogen functional groups attached to an aromatic ring is 1. The number of rotatable bonds is 1. The molecule has 1 aromatic heterocycles. The number of hydrogen-bond acceptors (Lipinski definition) is 3. The number of nitrogens with two attached hydrogens (primary N) is 1. The predicted octanol–water partition coefficient (Wildman–Crippen LogP) is 3.19. The molecule has 0 saturated carbocycles. The molecule has 1 aliphatic carbocycles. The van der Waals surface area contributed by atoms with Crippen molar-refractivity contribution < 1.29 is 4.79 Å². The maximum atomic E-state index is 11.5. The Morgan fingerprint density at radius 1 is 1.20 bits per heavy atom. The standard InChI is InChI=1S/C12H17NOS/c1-8(14)11-9-6-4-2-3-5-7-10(9)15-12(11)13/h2-7,13H2,1H3. The van der Waals surface area contributed by atoms with Crippen molar-refractivity contribution in [2.45, 2.75) is 45.4 Å². The molecule has 0 saturated heterocycles. The Kier molecular flexibility index (Phi) is 3.10. The van der Waals surface area contributed by atoms with Gasteiger partial charge in [0, 0.05) is 4.88 Å². The largest absolute Gasteiger partial charge is 0.390 e. The zero-order valence-corrected chi connectivity index (χ0v) is 9.95. The fourth-order valence-corrected chi connectivity index (χ4v) is 3.53. The van der Waals surface area contributed by atoms with Crippen molar-refractivity contribution in [3.05, 3.63) is 16.0 Å². The van der Waals surface area contributed by atoms with Gasteiger partial charge in [0.25, 0.3) is 0 Å². The molecule has 0 aliphatic heterocycles. The van der Waals surface area contributed by atoms with Crippen molar-refractivity contribution in [2.24, 2.45) is 0 Å². The normalized spacial score (nSPS) is 16.6. The van der Waals surface area contributed by atoms with Gasteiger partial charge in [0.2, 0.25) is 0 Å². The van der Waals surface area contributed by atoms with Crippen molar-refractivity contribution in [3.63, 3.8) is 0 Å². The third-order valence-corrected chi connectivity index (χ3v) is 4.17. The maximum Gasteiger partial charge on any atom is 0.163 e. The summed E-state index contributed by atoms with van der Waals surface area (Å²) >= 11 is 1.62. The lowest BCUT2D eigenvalue weighted by Crippen LogP contribution is -2.03. The maximum absolute atomic E-state index is 11.5. The molecular formula is C12H17NOS. The van der Waals surface area contributed by atoms with E-state index in [-0.39, 0.29) is 5.78 Å². The van der Waals surface area contributed by atoms with Gasteiger partial charge in [-0.15, -0.1) is 11.3 Å². The van der Waals surface area contributed by atoms with Crippen molar-refractivity contribution in [1.82, 2.24) is 0 Å². The van der Waals surface area contributed by atoms with E-state index < -0.39 is 0 Å². The molecule has 2 nitrogen and oxygen atoms in total. The second kappa shape index (κ2) is 4.35. The van der Waals surface area contributed by atoms with Crippen LogP contribution in [0.15, 0.2) is 0 Å². The van der Waals surface area contributed by atoms with Crippen LogP contribution in [0.3, 0.4) is 0 Å². The average molecular weight is 223 g/mol. The van der Waals surface area contributed by atoms with Gasteiger partial charge in [-0.25, -0.2) is 0 Å². The summed E-state index contributed by atoms with van der Waals surface area (Å²) in [6.07, 6.45) is 7.18. The molecule has 0 amide bonds. The van der Waals surface area contributed by atoms with E-state index in [1.807, 2.05) is 0 Å². The molecule has 0 aromatic carbocycles. The molecule has 0 unspecified atom stereocenters. The van der Waals surface area contributed by atoms with Crippen LogP contribution in [0, 0.1) is 0 Å². The molecule has 1 heterocycles. The number of Topliss-reactive ketones (excluding diaryl/α,β-unsaturated/α-hetero) is 1. The van der Waals surface area contributed by atoms with Gasteiger partial charge >= 0.3 is 0 Å². The molecule has 3 heteroatoms. The van der Waals surface area contributed by atoms with E-state index in [4.69, 9.17) is 5.73 Å². The Hall–Kier alpha value is -0.830. The lowest BCUT2D eigenvalue weighted by Gasteiger charge is -2.10. The molecule has 82 valence electrons. The van der Waals surface area contributed by atoms with Gasteiger partial charge in [-0.3, -0.25) is 4.79 Å². The van der Waals surface area contributed by atoms with E-state index in [0.717, 1.165) is 23.4 Å². The van der Waals surface area contributed by atoms with Crippen LogP contribution in [0.4, 0.5) is 5.00 Å². The van der Waals surface area contributed by atoms with Gasteiger partial charge in [0.15, 0.2) is 5.78 Å². The molecule has 0 atom stereocenters. The minimum Gasteiger partial charge on any atom is -0.390 e. The smallest absolute Gasteiger partial charge is 0.163 e. The van der Waals surface area contributed by atoms with Crippen molar-refractivity contribution >= 4 is 22.1 Å². The molecule has 15 heavy (non-hydrogen) atoms. The fourth-order valence-electron chi connectivity index (χ4n) is 2.33. The van der Waals surface area contributed by atoms with E-state index in [0.29, 0.717) is 0 Å². The number of anilines is 1. The summed E-state index contributed by atoms with van der Waals surface area (Å²) < 4.78 is 0. The first-order valence-corrected chi connectivity index (χ1v) is 6.42. The summed E-state index contributed by atoms with van der Waals surface area (Å²) in [6, 6.07) is 0. The Morgan fingerprint density at radius 2 is 1.87 bits per heavy atom. The highest BCUT2D eigenvalue weighted by Gasteiger charge is 2.19. The second-order valence-electron chi connectivity index (χ2n) is 4.21. The average Bonchev–Trinajstić information content (AvgIpc) is 2.42. The molecule has 0 bridgehead atoms. The monoisotopic (exact) mass is 223 g/mol. The molecule has 0 radical (unpaired) electrons. The zero-order chi connectivity index (χ0) is 10.8. The van der Waals surface area contributed by atoms with Crippen LogP contribution in [0.5, 0.6) is 0 Å². The Morgan fingerprint density at radius 3 is 2.53 bits per heavy atom. The van der Waals surface area contributed by atoms with Gasteiger partial charge in [-0.05, 0) is 38.2 Å². The third-order valence-electron chi connectivity index (χ3n) is 3.05. The topological polar surface area (TPSA) is 43.1 Å². The minimum absolute atomic E-state index is 0.130. The first-order valence-electron chi connectivity index (χ1n) is 5.61. The minimum atomic E-state index is 0.130. The first kappa shape index (κ1) is 10.7. The van der Waals surface area contributed by atoms with E-state index >= 15 is 0 Å². The summed E-state index contributed by atoms with van der Waals surface area (Å²) in [7, 11) is 0. The lowest BCUT2D eigenvalue weighted by atomic mass is 9.95. The Bertz CT molecular complexity index is 381. The van der Waals surface area contributed by atoms with Crippen molar-refractivity contribution in [3.8, 4) is 0 Å². The van der Waals surface area contributed by atoms with Gasteiger partial charge in [-0.1, -0.05) is 12.8 Å².